The third kappa shape index (κ3) is 3.00. The molecule has 0 atom stereocenters. The Hall–Kier alpha value is -2.69. The first kappa shape index (κ1) is 13.7. The molecule has 0 unspecified atom stereocenters. The van der Waals surface area contributed by atoms with Crippen molar-refractivity contribution in [3.8, 4) is 11.5 Å². The lowest BCUT2D eigenvalue weighted by Crippen LogP contribution is -2.12. The molecule has 0 saturated carbocycles. The molecule has 5 N–H and O–H groups in total. The van der Waals surface area contributed by atoms with E-state index in [0.717, 1.165) is 18.1 Å². The molecule has 0 aromatic heterocycles. The molecule has 0 aliphatic rings. The van der Waals surface area contributed by atoms with Gasteiger partial charge in [0.15, 0.2) is 0 Å². The van der Waals surface area contributed by atoms with E-state index in [0.29, 0.717) is 11.4 Å². The molecular formula is C15H16N2O3. The predicted molar refractivity (Wildman–Crippen MR) is 78.0 cm³/mol. The molecule has 0 bridgehead atoms. The van der Waals surface area contributed by atoms with Crippen LogP contribution in [0.2, 0.25) is 0 Å². The second kappa shape index (κ2) is 5.52. The largest absolute Gasteiger partial charge is 0.508 e. The van der Waals surface area contributed by atoms with Crippen molar-refractivity contribution in [3.63, 3.8) is 0 Å². The Balaban J connectivity index is 2.21. The molecular weight excluding hydrogens is 256 g/mol. The van der Waals surface area contributed by atoms with E-state index in [4.69, 9.17) is 5.73 Å². The summed E-state index contributed by atoms with van der Waals surface area (Å²) in [5, 5.41) is 21.4. The lowest BCUT2D eigenvalue weighted by Gasteiger charge is -2.09. The Morgan fingerprint density at radius 2 is 1.80 bits per heavy atom. The number of anilines is 2. The Morgan fingerprint density at radius 1 is 1.15 bits per heavy atom. The highest BCUT2D eigenvalue weighted by molar-refractivity contribution is 6.05. The van der Waals surface area contributed by atoms with Gasteiger partial charge in [0.05, 0.1) is 0 Å². The van der Waals surface area contributed by atoms with E-state index < -0.39 is 5.91 Å². The molecule has 2 aromatic carbocycles. The molecule has 5 nitrogen and oxygen atoms in total. The highest BCUT2D eigenvalue weighted by atomic mass is 16.3. The van der Waals surface area contributed by atoms with Gasteiger partial charge in [-0.05, 0) is 36.2 Å². The standard InChI is InChI=1S/C15H16N2O3/c1-2-9-3-4-11(7-14(9)16)17-15(20)10-5-12(18)8-13(19)6-10/h3-8,18-19H,2,16H2,1H3,(H,17,20). The van der Waals surface area contributed by atoms with Crippen molar-refractivity contribution in [2.24, 2.45) is 0 Å². The lowest BCUT2D eigenvalue weighted by molar-refractivity contribution is 0.102. The van der Waals surface area contributed by atoms with Crippen LogP contribution >= 0.6 is 0 Å². The number of carbonyl (C=O) groups is 1. The Kier molecular flexibility index (Phi) is 3.79. The number of nitrogen functional groups attached to an aromatic ring is 1. The van der Waals surface area contributed by atoms with Crippen molar-refractivity contribution < 1.29 is 15.0 Å². The number of hydrogen-bond donors (Lipinski definition) is 4. The first-order chi connectivity index (χ1) is 9.49. The molecule has 0 fully saturated rings. The first-order valence-corrected chi connectivity index (χ1v) is 6.22. The monoisotopic (exact) mass is 272 g/mol. The van der Waals surface area contributed by atoms with Crippen molar-refractivity contribution in [3.05, 3.63) is 47.5 Å². The van der Waals surface area contributed by atoms with E-state index in [9.17, 15) is 15.0 Å². The smallest absolute Gasteiger partial charge is 0.255 e. The van der Waals surface area contributed by atoms with Gasteiger partial charge in [-0.1, -0.05) is 13.0 Å². The van der Waals surface area contributed by atoms with Crippen LogP contribution in [0, 0.1) is 0 Å². The quantitative estimate of drug-likeness (QED) is 0.645. The Morgan fingerprint density at radius 3 is 2.35 bits per heavy atom. The maximum atomic E-state index is 12.0. The van der Waals surface area contributed by atoms with Gasteiger partial charge in [0.1, 0.15) is 11.5 Å². The van der Waals surface area contributed by atoms with E-state index in [2.05, 4.69) is 5.32 Å². The first-order valence-electron chi connectivity index (χ1n) is 6.22. The number of amides is 1. The summed E-state index contributed by atoms with van der Waals surface area (Å²) in [4.78, 5) is 12.0. The molecule has 0 aliphatic carbocycles. The van der Waals surface area contributed by atoms with E-state index in [-0.39, 0.29) is 17.1 Å². The van der Waals surface area contributed by atoms with Gasteiger partial charge in [-0.2, -0.15) is 0 Å². The van der Waals surface area contributed by atoms with E-state index in [1.807, 2.05) is 13.0 Å². The topological polar surface area (TPSA) is 95.6 Å². The molecule has 2 aromatic rings. The van der Waals surface area contributed by atoms with Crippen molar-refractivity contribution in [2.75, 3.05) is 11.1 Å². The third-order valence-electron chi connectivity index (χ3n) is 2.95. The molecule has 0 heterocycles. The summed E-state index contributed by atoms with van der Waals surface area (Å²) in [6.45, 7) is 2.00. The molecule has 0 saturated heterocycles. The molecule has 104 valence electrons. The van der Waals surface area contributed by atoms with E-state index >= 15 is 0 Å². The molecule has 2 rings (SSSR count). The molecule has 0 aliphatic heterocycles. The van der Waals surface area contributed by atoms with Crippen LogP contribution in [0.5, 0.6) is 11.5 Å². The fourth-order valence-corrected chi connectivity index (χ4v) is 1.92. The van der Waals surface area contributed by atoms with Crippen molar-refractivity contribution in [1.29, 1.82) is 0 Å². The second-order valence-corrected chi connectivity index (χ2v) is 4.46. The third-order valence-corrected chi connectivity index (χ3v) is 2.95. The number of hydrogen-bond acceptors (Lipinski definition) is 4. The van der Waals surface area contributed by atoms with Crippen LogP contribution in [0.15, 0.2) is 36.4 Å². The number of benzene rings is 2. The lowest BCUT2D eigenvalue weighted by atomic mass is 10.1. The predicted octanol–water partition coefficient (Wildman–Crippen LogP) is 2.49. The summed E-state index contributed by atoms with van der Waals surface area (Å²) in [6.07, 6.45) is 0.820. The number of rotatable bonds is 3. The van der Waals surface area contributed by atoms with Gasteiger partial charge in [-0.25, -0.2) is 0 Å². The zero-order chi connectivity index (χ0) is 14.7. The fraction of sp³-hybridized carbons (Fsp3) is 0.133. The van der Waals surface area contributed by atoms with Crippen LogP contribution in [0.1, 0.15) is 22.8 Å². The summed E-state index contributed by atoms with van der Waals surface area (Å²) < 4.78 is 0. The molecule has 20 heavy (non-hydrogen) atoms. The zero-order valence-corrected chi connectivity index (χ0v) is 11.1. The van der Waals surface area contributed by atoms with Crippen molar-refractivity contribution in [2.45, 2.75) is 13.3 Å². The molecule has 1 amide bonds. The van der Waals surface area contributed by atoms with E-state index in [1.54, 1.807) is 12.1 Å². The average Bonchev–Trinajstić information content (AvgIpc) is 2.37. The van der Waals surface area contributed by atoms with Crippen LogP contribution < -0.4 is 11.1 Å². The average molecular weight is 272 g/mol. The number of phenols is 2. The van der Waals surface area contributed by atoms with Gasteiger partial charge in [-0.15, -0.1) is 0 Å². The summed E-state index contributed by atoms with van der Waals surface area (Å²) in [5.74, 6) is -0.771. The minimum absolute atomic E-state index is 0.167. The normalized spacial score (nSPS) is 10.2. The van der Waals surface area contributed by atoms with Gasteiger partial charge in [0, 0.05) is 23.0 Å². The summed E-state index contributed by atoms with van der Waals surface area (Å²) in [7, 11) is 0. The minimum Gasteiger partial charge on any atom is -0.508 e. The van der Waals surface area contributed by atoms with Crippen LogP contribution in [-0.4, -0.2) is 16.1 Å². The minimum atomic E-state index is -0.431. The summed E-state index contributed by atoms with van der Waals surface area (Å²) in [5.41, 5.74) is 8.22. The van der Waals surface area contributed by atoms with Crippen LogP contribution in [0.25, 0.3) is 0 Å². The van der Waals surface area contributed by atoms with Gasteiger partial charge < -0.3 is 21.3 Å². The highest BCUT2D eigenvalue weighted by Gasteiger charge is 2.09. The number of aromatic hydroxyl groups is 2. The number of nitrogens with two attached hydrogens (primary N) is 1. The molecule has 0 spiro atoms. The zero-order valence-electron chi connectivity index (χ0n) is 11.1. The Labute approximate surface area is 116 Å². The van der Waals surface area contributed by atoms with Crippen LogP contribution in [0.3, 0.4) is 0 Å². The Bertz CT molecular complexity index is 633. The van der Waals surface area contributed by atoms with Crippen LogP contribution in [0.4, 0.5) is 11.4 Å². The number of nitrogens with one attached hydrogen (secondary N) is 1. The highest BCUT2D eigenvalue weighted by Crippen LogP contribution is 2.22. The number of carbonyl (C=O) groups excluding carboxylic acids is 1. The van der Waals surface area contributed by atoms with Gasteiger partial charge in [0.25, 0.3) is 5.91 Å². The number of phenolic OH excluding ortho intramolecular Hbond substituents is 2. The maximum Gasteiger partial charge on any atom is 0.255 e. The van der Waals surface area contributed by atoms with Gasteiger partial charge in [0.2, 0.25) is 0 Å². The summed E-state index contributed by atoms with van der Waals surface area (Å²) >= 11 is 0. The van der Waals surface area contributed by atoms with Crippen LogP contribution in [-0.2, 0) is 6.42 Å². The van der Waals surface area contributed by atoms with Crippen molar-refractivity contribution in [1.82, 2.24) is 0 Å². The van der Waals surface area contributed by atoms with Gasteiger partial charge >= 0.3 is 0 Å². The van der Waals surface area contributed by atoms with E-state index in [1.165, 1.54) is 12.1 Å². The second-order valence-electron chi connectivity index (χ2n) is 4.46. The van der Waals surface area contributed by atoms with Gasteiger partial charge in [-0.3, -0.25) is 4.79 Å². The van der Waals surface area contributed by atoms with Crippen molar-refractivity contribution >= 4 is 17.3 Å². The fourth-order valence-electron chi connectivity index (χ4n) is 1.92. The maximum absolute atomic E-state index is 12.0. The summed E-state index contributed by atoms with van der Waals surface area (Å²) in [6, 6.07) is 9.00. The molecule has 5 heteroatoms. The SMILES string of the molecule is CCc1ccc(NC(=O)c2cc(O)cc(O)c2)cc1N. The number of aryl methyl sites for hydroxylation is 1. The molecule has 0 radical (unpaired) electrons.